The van der Waals surface area contributed by atoms with Crippen LogP contribution in [0.2, 0.25) is 0 Å². The summed E-state index contributed by atoms with van der Waals surface area (Å²) in [6.07, 6.45) is 3.25. The van der Waals surface area contributed by atoms with E-state index in [1.165, 1.54) is 0 Å². The van der Waals surface area contributed by atoms with Crippen LogP contribution < -0.4 is 15.6 Å². The normalized spacial score (nSPS) is 23.7. The molecular weight excluding hydrogens is 343 g/mol. The van der Waals surface area contributed by atoms with Crippen LogP contribution in [0.25, 0.3) is 10.9 Å². The second-order valence-corrected chi connectivity index (χ2v) is 7.67. The standard InChI is InChI=1S/C19H22F3N3O/c1-9-6-25(12-4-5-12)17-13(19(9)26)14(20)15(21)18(16(17)22)24-7-10(2)23-11(3)8-24/h6,10-12,23H,4-5,7-8H2,1-3H3. The fraction of sp³-hybridized carbons (Fsp3) is 0.526. The van der Waals surface area contributed by atoms with Crippen molar-refractivity contribution in [2.75, 3.05) is 18.0 Å². The third-order valence-corrected chi connectivity index (χ3v) is 5.26. The molecule has 0 spiro atoms. The minimum atomic E-state index is -1.28. The lowest BCUT2D eigenvalue weighted by Crippen LogP contribution is -2.54. The number of hydrogen-bond donors (Lipinski definition) is 1. The van der Waals surface area contributed by atoms with Crippen LogP contribution in [0.15, 0.2) is 11.0 Å². The van der Waals surface area contributed by atoms with Gasteiger partial charge in [0.1, 0.15) is 5.69 Å². The highest BCUT2D eigenvalue weighted by Gasteiger charge is 2.34. The molecule has 26 heavy (non-hydrogen) atoms. The lowest BCUT2D eigenvalue weighted by atomic mass is 10.1. The molecule has 2 atom stereocenters. The van der Waals surface area contributed by atoms with Crippen LogP contribution in [-0.2, 0) is 0 Å². The van der Waals surface area contributed by atoms with Gasteiger partial charge in [-0.1, -0.05) is 0 Å². The van der Waals surface area contributed by atoms with Crippen molar-refractivity contribution in [1.29, 1.82) is 0 Å². The van der Waals surface area contributed by atoms with E-state index in [1.54, 1.807) is 22.6 Å². The molecule has 2 aliphatic rings. The number of aromatic nitrogens is 1. The van der Waals surface area contributed by atoms with E-state index in [0.29, 0.717) is 18.7 Å². The summed E-state index contributed by atoms with van der Waals surface area (Å²) in [4.78, 5) is 14.0. The smallest absolute Gasteiger partial charge is 0.195 e. The van der Waals surface area contributed by atoms with Crippen molar-refractivity contribution < 1.29 is 13.2 Å². The predicted molar refractivity (Wildman–Crippen MR) is 95.4 cm³/mol. The molecule has 0 radical (unpaired) electrons. The quantitative estimate of drug-likeness (QED) is 0.831. The third-order valence-electron chi connectivity index (χ3n) is 5.26. The van der Waals surface area contributed by atoms with Crippen molar-refractivity contribution >= 4 is 16.6 Å². The van der Waals surface area contributed by atoms with Crippen molar-refractivity contribution in [3.63, 3.8) is 0 Å². The van der Waals surface area contributed by atoms with Gasteiger partial charge in [0.15, 0.2) is 22.9 Å². The van der Waals surface area contributed by atoms with Gasteiger partial charge in [-0.25, -0.2) is 13.2 Å². The minimum absolute atomic E-state index is 0.0138. The number of anilines is 1. The van der Waals surface area contributed by atoms with Crippen LogP contribution in [0, 0.1) is 24.4 Å². The van der Waals surface area contributed by atoms with Crippen LogP contribution in [0.5, 0.6) is 0 Å². The molecule has 1 aliphatic carbocycles. The van der Waals surface area contributed by atoms with Crippen LogP contribution in [0.4, 0.5) is 18.9 Å². The molecule has 4 nitrogen and oxygen atoms in total. The monoisotopic (exact) mass is 365 g/mol. The molecule has 1 aromatic carbocycles. The van der Waals surface area contributed by atoms with E-state index in [9.17, 15) is 13.6 Å². The Morgan fingerprint density at radius 3 is 2.23 bits per heavy atom. The van der Waals surface area contributed by atoms with E-state index in [0.717, 1.165) is 12.8 Å². The third kappa shape index (κ3) is 2.60. The first kappa shape index (κ1) is 17.4. The molecule has 2 unspecified atom stereocenters. The van der Waals surface area contributed by atoms with Crippen molar-refractivity contribution in [3.05, 3.63) is 39.4 Å². The van der Waals surface area contributed by atoms with Crippen molar-refractivity contribution in [1.82, 2.24) is 9.88 Å². The fourth-order valence-corrected chi connectivity index (χ4v) is 4.04. The predicted octanol–water partition coefficient (Wildman–Crippen LogP) is 3.25. The Balaban J connectivity index is 2.02. The van der Waals surface area contributed by atoms with Gasteiger partial charge in [0.25, 0.3) is 0 Å². The number of rotatable bonds is 2. The molecule has 1 aliphatic heterocycles. The summed E-state index contributed by atoms with van der Waals surface area (Å²) >= 11 is 0. The van der Waals surface area contributed by atoms with E-state index in [-0.39, 0.29) is 29.3 Å². The van der Waals surface area contributed by atoms with Gasteiger partial charge in [-0.3, -0.25) is 4.79 Å². The van der Waals surface area contributed by atoms with Crippen molar-refractivity contribution in [3.8, 4) is 0 Å². The summed E-state index contributed by atoms with van der Waals surface area (Å²) in [5.74, 6) is -3.37. The maximum Gasteiger partial charge on any atom is 0.195 e. The zero-order chi connectivity index (χ0) is 18.7. The van der Waals surface area contributed by atoms with Crippen LogP contribution in [0.3, 0.4) is 0 Å². The number of nitrogens with one attached hydrogen (secondary N) is 1. The van der Waals surface area contributed by atoms with E-state index in [4.69, 9.17) is 0 Å². The molecular formula is C19H22F3N3O. The molecule has 0 amide bonds. The lowest BCUT2D eigenvalue weighted by molar-refractivity contribution is 0.397. The van der Waals surface area contributed by atoms with Gasteiger partial charge in [0.05, 0.1) is 10.9 Å². The highest BCUT2D eigenvalue weighted by Crippen LogP contribution is 2.40. The summed E-state index contributed by atoms with van der Waals surface area (Å²) in [6.45, 7) is 6.10. The van der Waals surface area contributed by atoms with Gasteiger partial charge >= 0.3 is 0 Å². The number of halogens is 3. The number of fused-ring (bicyclic) bond motifs is 1. The largest absolute Gasteiger partial charge is 0.364 e. The SMILES string of the molecule is Cc1cn(C2CC2)c2c(F)c(N3CC(C)NC(C)C3)c(F)c(F)c2c1=O. The Kier molecular flexibility index (Phi) is 4.02. The van der Waals surface area contributed by atoms with Gasteiger partial charge in [0, 0.05) is 43.0 Å². The average Bonchev–Trinajstić information content (AvgIpc) is 3.39. The summed E-state index contributed by atoms with van der Waals surface area (Å²) in [7, 11) is 0. The number of benzene rings is 1. The number of piperazine rings is 1. The van der Waals surface area contributed by atoms with E-state index < -0.39 is 28.3 Å². The number of nitrogens with zero attached hydrogens (tertiary/aromatic N) is 2. The van der Waals surface area contributed by atoms with Gasteiger partial charge in [0.2, 0.25) is 0 Å². The number of hydrogen-bond acceptors (Lipinski definition) is 3. The molecule has 7 heteroatoms. The summed E-state index contributed by atoms with van der Waals surface area (Å²) < 4.78 is 46.9. The Hall–Kier alpha value is -2.02. The second kappa shape index (κ2) is 6.01. The Morgan fingerprint density at radius 2 is 1.65 bits per heavy atom. The van der Waals surface area contributed by atoms with Gasteiger partial charge in [-0.2, -0.15) is 0 Å². The molecule has 1 saturated carbocycles. The fourth-order valence-electron chi connectivity index (χ4n) is 4.04. The first-order chi connectivity index (χ1) is 12.3. The van der Waals surface area contributed by atoms with E-state index in [2.05, 4.69) is 5.32 Å². The van der Waals surface area contributed by atoms with Crippen LogP contribution in [0.1, 0.15) is 38.3 Å². The van der Waals surface area contributed by atoms with E-state index >= 15 is 4.39 Å². The number of aryl methyl sites for hydroxylation is 1. The summed E-state index contributed by atoms with van der Waals surface area (Å²) in [6, 6.07) is 0.0600. The Morgan fingerprint density at radius 1 is 1.04 bits per heavy atom. The Bertz CT molecular complexity index is 942. The number of pyridine rings is 1. The zero-order valence-corrected chi connectivity index (χ0v) is 15.1. The van der Waals surface area contributed by atoms with Crippen LogP contribution >= 0.6 is 0 Å². The molecule has 2 heterocycles. The highest BCUT2D eigenvalue weighted by molar-refractivity contribution is 5.85. The minimum Gasteiger partial charge on any atom is -0.364 e. The van der Waals surface area contributed by atoms with Gasteiger partial charge in [-0.15, -0.1) is 0 Å². The maximum atomic E-state index is 15.5. The van der Waals surface area contributed by atoms with Crippen molar-refractivity contribution in [2.24, 2.45) is 0 Å². The molecule has 1 aromatic heterocycles. The van der Waals surface area contributed by atoms with Gasteiger partial charge < -0.3 is 14.8 Å². The van der Waals surface area contributed by atoms with Crippen LogP contribution in [-0.4, -0.2) is 29.7 Å². The average molecular weight is 365 g/mol. The molecule has 4 rings (SSSR count). The lowest BCUT2D eigenvalue weighted by Gasteiger charge is -2.38. The van der Waals surface area contributed by atoms with Gasteiger partial charge in [-0.05, 0) is 33.6 Å². The Labute approximate surface area is 149 Å². The summed E-state index contributed by atoms with van der Waals surface area (Å²) in [5, 5.41) is 2.81. The zero-order valence-electron chi connectivity index (χ0n) is 15.1. The molecule has 140 valence electrons. The molecule has 1 N–H and O–H groups in total. The first-order valence-corrected chi connectivity index (χ1v) is 9.02. The second-order valence-electron chi connectivity index (χ2n) is 7.67. The summed E-state index contributed by atoms with van der Waals surface area (Å²) in [5.41, 5.74) is -0.844. The van der Waals surface area contributed by atoms with E-state index in [1.807, 2.05) is 13.8 Å². The topological polar surface area (TPSA) is 37.3 Å². The van der Waals surface area contributed by atoms with Crippen molar-refractivity contribution in [2.45, 2.75) is 51.7 Å². The highest BCUT2D eigenvalue weighted by atomic mass is 19.2. The maximum absolute atomic E-state index is 15.5. The molecule has 2 fully saturated rings. The molecule has 0 bridgehead atoms. The first-order valence-electron chi connectivity index (χ1n) is 9.02. The molecule has 2 aromatic rings. The molecule has 1 saturated heterocycles.